The Morgan fingerprint density at radius 1 is 1.06 bits per heavy atom. The van der Waals surface area contributed by atoms with E-state index >= 15 is 0 Å². The molecular formula is C14H25NO2. The molecule has 0 bridgehead atoms. The number of carbonyl (C=O) groups is 1. The summed E-state index contributed by atoms with van der Waals surface area (Å²) in [5.74, 6) is 0.981. The van der Waals surface area contributed by atoms with Gasteiger partial charge in [-0.05, 0) is 37.6 Å². The molecule has 17 heavy (non-hydrogen) atoms. The van der Waals surface area contributed by atoms with Crippen molar-refractivity contribution in [1.82, 2.24) is 4.90 Å². The lowest BCUT2D eigenvalue weighted by Crippen LogP contribution is -2.33. The summed E-state index contributed by atoms with van der Waals surface area (Å²) >= 11 is 0. The molecule has 2 saturated carbocycles. The van der Waals surface area contributed by atoms with Crippen LogP contribution < -0.4 is 0 Å². The topological polar surface area (TPSA) is 40.5 Å². The molecule has 1 N–H and O–H groups in total. The van der Waals surface area contributed by atoms with E-state index in [1.807, 2.05) is 0 Å². The molecule has 3 nitrogen and oxygen atoms in total. The molecule has 2 rings (SSSR count). The molecule has 0 spiro atoms. The number of hydrogen-bond donors (Lipinski definition) is 1. The van der Waals surface area contributed by atoms with Crippen molar-refractivity contribution in [3.05, 3.63) is 0 Å². The van der Waals surface area contributed by atoms with Crippen LogP contribution in [0.2, 0.25) is 0 Å². The summed E-state index contributed by atoms with van der Waals surface area (Å²) in [7, 11) is 0. The zero-order valence-electron chi connectivity index (χ0n) is 10.7. The molecule has 0 unspecified atom stereocenters. The highest BCUT2D eigenvalue weighted by Gasteiger charge is 2.25. The summed E-state index contributed by atoms with van der Waals surface area (Å²) in [6.45, 7) is 2.25. The maximum atomic E-state index is 10.8. The van der Waals surface area contributed by atoms with Crippen molar-refractivity contribution in [3.8, 4) is 0 Å². The monoisotopic (exact) mass is 239 g/mol. The van der Waals surface area contributed by atoms with E-state index in [1.165, 1.54) is 51.4 Å². The van der Waals surface area contributed by atoms with Gasteiger partial charge in [0.15, 0.2) is 0 Å². The summed E-state index contributed by atoms with van der Waals surface area (Å²) in [5, 5.41) is 8.91. The van der Waals surface area contributed by atoms with Crippen LogP contribution in [0.15, 0.2) is 0 Å². The largest absolute Gasteiger partial charge is 0.480 e. The average Bonchev–Trinajstić information content (AvgIpc) is 3.10. The first-order valence-electron chi connectivity index (χ1n) is 7.18. The van der Waals surface area contributed by atoms with Gasteiger partial charge in [0.1, 0.15) is 0 Å². The van der Waals surface area contributed by atoms with Gasteiger partial charge in [0.2, 0.25) is 0 Å². The SMILES string of the molecule is O=C(O)CN(CCC1CCCCC1)CC1CC1. The van der Waals surface area contributed by atoms with Crippen molar-refractivity contribution >= 4 is 5.97 Å². The smallest absolute Gasteiger partial charge is 0.317 e. The van der Waals surface area contributed by atoms with E-state index < -0.39 is 5.97 Å². The second-order valence-corrected chi connectivity index (χ2v) is 5.86. The van der Waals surface area contributed by atoms with E-state index in [9.17, 15) is 4.79 Å². The van der Waals surface area contributed by atoms with Crippen LogP contribution in [0.5, 0.6) is 0 Å². The molecule has 0 amide bonds. The standard InChI is InChI=1S/C14H25NO2/c16-14(17)11-15(10-13-6-7-13)9-8-12-4-2-1-3-5-12/h12-13H,1-11H2,(H,16,17). The van der Waals surface area contributed by atoms with Crippen molar-refractivity contribution in [1.29, 1.82) is 0 Å². The second-order valence-electron chi connectivity index (χ2n) is 5.86. The number of rotatable bonds is 7. The van der Waals surface area contributed by atoms with Crippen LogP contribution in [0.3, 0.4) is 0 Å². The van der Waals surface area contributed by atoms with Gasteiger partial charge in [0.05, 0.1) is 6.54 Å². The highest BCUT2D eigenvalue weighted by atomic mass is 16.4. The molecule has 98 valence electrons. The molecule has 0 aromatic rings. The summed E-state index contributed by atoms with van der Waals surface area (Å²) < 4.78 is 0. The van der Waals surface area contributed by atoms with Crippen LogP contribution in [0, 0.1) is 11.8 Å². The zero-order chi connectivity index (χ0) is 12.1. The van der Waals surface area contributed by atoms with E-state index in [0.29, 0.717) is 0 Å². The second kappa shape index (κ2) is 6.39. The number of nitrogens with zero attached hydrogens (tertiary/aromatic N) is 1. The first-order chi connectivity index (χ1) is 8.24. The molecule has 0 heterocycles. The van der Waals surface area contributed by atoms with Crippen LogP contribution in [-0.2, 0) is 4.79 Å². The third-order valence-electron chi connectivity index (χ3n) is 4.15. The van der Waals surface area contributed by atoms with Gasteiger partial charge in [-0.15, -0.1) is 0 Å². The fraction of sp³-hybridized carbons (Fsp3) is 0.929. The third-order valence-corrected chi connectivity index (χ3v) is 4.15. The Morgan fingerprint density at radius 2 is 1.76 bits per heavy atom. The minimum absolute atomic E-state index is 0.239. The molecule has 0 aromatic carbocycles. The highest BCUT2D eigenvalue weighted by molar-refractivity contribution is 5.69. The molecule has 0 atom stereocenters. The van der Waals surface area contributed by atoms with Gasteiger partial charge in [-0.2, -0.15) is 0 Å². The number of carboxylic acids is 1. The van der Waals surface area contributed by atoms with E-state index in [0.717, 1.165) is 24.9 Å². The number of hydrogen-bond acceptors (Lipinski definition) is 2. The fourth-order valence-electron chi connectivity index (χ4n) is 2.93. The van der Waals surface area contributed by atoms with Gasteiger partial charge in [0.25, 0.3) is 0 Å². The predicted octanol–water partition coefficient (Wildman–Crippen LogP) is 2.75. The van der Waals surface area contributed by atoms with Crippen molar-refractivity contribution < 1.29 is 9.90 Å². The van der Waals surface area contributed by atoms with Gasteiger partial charge in [0, 0.05) is 6.54 Å². The molecule has 2 aliphatic carbocycles. The van der Waals surface area contributed by atoms with Crippen molar-refractivity contribution in [2.75, 3.05) is 19.6 Å². The highest BCUT2D eigenvalue weighted by Crippen LogP contribution is 2.30. The molecular weight excluding hydrogens is 214 g/mol. The first kappa shape index (κ1) is 12.9. The quantitative estimate of drug-likeness (QED) is 0.742. The van der Waals surface area contributed by atoms with E-state index in [-0.39, 0.29) is 6.54 Å². The van der Waals surface area contributed by atoms with Gasteiger partial charge in [-0.1, -0.05) is 32.1 Å². The summed E-state index contributed by atoms with van der Waals surface area (Å²) in [5.41, 5.74) is 0. The fourth-order valence-corrected chi connectivity index (χ4v) is 2.93. The maximum absolute atomic E-state index is 10.8. The normalized spacial score (nSPS) is 21.9. The molecule has 0 saturated heterocycles. The van der Waals surface area contributed by atoms with Gasteiger partial charge in [-0.3, -0.25) is 9.69 Å². The van der Waals surface area contributed by atoms with E-state index in [2.05, 4.69) is 4.90 Å². The summed E-state index contributed by atoms with van der Waals surface area (Å²) in [6, 6.07) is 0. The van der Waals surface area contributed by atoms with Crippen LogP contribution in [0.25, 0.3) is 0 Å². The van der Waals surface area contributed by atoms with Gasteiger partial charge in [-0.25, -0.2) is 0 Å². The molecule has 0 aromatic heterocycles. The minimum atomic E-state index is -0.672. The lowest BCUT2D eigenvalue weighted by molar-refractivity contribution is -0.138. The van der Waals surface area contributed by atoms with Crippen molar-refractivity contribution in [3.63, 3.8) is 0 Å². The maximum Gasteiger partial charge on any atom is 0.317 e. The summed E-state index contributed by atoms with van der Waals surface area (Å²) in [6.07, 6.45) is 10.7. The number of aliphatic carboxylic acids is 1. The van der Waals surface area contributed by atoms with Crippen molar-refractivity contribution in [2.24, 2.45) is 11.8 Å². The third kappa shape index (κ3) is 5.07. The van der Waals surface area contributed by atoms with Crippen LogP contribution >= 0.6 is 0 Å². The average molecular weight is 239 g/mol. The Kier molecular flexibility index (Phi) is 4.84. The molecule has 0 aliphatic heterocycles. The first-order valence-corrected chi connectivity index (χ1v) is 7.18. The lowest BCUT2D eigenvalue weighted by atomic mass is 9.87. The Hall–Kier alpha value is -0.570. The molecule has 0 radical (unpaired) electrons. The molecule has 2 fully saturated rings. The molecule has 3 heteroatoms. The summed E-state index contributed by atoms with van der Waals surface area (Å²) in [4.78, 5) is 13.0. The Bertz CT molecular complexity index is 245. The van der Waals surface area contributed by atoms with Gasteiger partial charge < -0.3 is 5.11 Å². The van der Waals surface area contributed by atoms with E-state index in [4.69, 9.17) is 5.11 Å². The van der Waals surface area contributed by atoms with E-state index in [1.54, 1.807) is 0 Å². The predicted molar refractivity (Wildman–Crippen MR) is 68.0 cm³/mol. The van der Waals surface area contributed by atoms with Crippen LogP contribution in [0.4, 0.5) is 0 Å². The van der Waals surface area contributed by atoms with Crippen LogP contribution in [0.1, 0.15) is 51.4 Å². The Labute approximate surface area is 104 Å². The Balaban J connectivity index is 1.68. The lowest BCUT2D eigenvalue weighted by Gasteiger charge is -2.26. The number of carboxylic acid groups (broad SMARTS) is 1. The Morgan fingerprint density at radius 3 is 2.35 bits per heavy atom. The van der Waals surface area contributed by atoms with Crippen molar-refractivity contribution in [2.45, 2.75) is 51.4 Å². The molecule has 2 aliphatic rings. The zero-order valence-corrected chi connectivity index (χ0v) is 10.7. The minimum Gasteiger partial charge on any atom is -0.480 e. The van der Waals surface area contributed by atoms with Crippen LogP contribution in [-0.4, -0.2) is 35.6 Å². The van der Waals surface area contributed by atoms with Gasteiger partial charge >= 0.3 is 5.97 Å².